The standard InChI is InChI=1S/C13H24N2O/c1-10(2)13(14)8-15(9-13)12(16)11-6-4-3-5-7-11/h10-11H,3-9,14H2,1-2H3. The van der Waals surface area contributed by atoms with E-state index in [1.165, 1.54) is 19.3 Å². The molecule has 1 saturated heterocycles. The molecule has 2 aliphatic rings. The summed E-state index contributed by atoms with van der Waals surface area (Å²) in [6, 6.07) is 0. The molecule has 1 heterocycles. The SMILES string of the molecule is CC(C)C1(N)CN(C(=O)C2CCCCC2)C1. The third-order valence-corrected chi connectivity index (χ3v) is 4.39. The van der Waals surface area contributed by atoms with E-state index in [0.29, 0.717) is 17.7 Å². The Morgan fingerprint density at radius 1 is 1.25 bits per heavy atom. The number of likely N-dealkylation sites (tertiary alicyclic amines) is 1. The molecular weight excluding hydrogens is 200 g/mol. The second-order valence-corrected chi connectivity index (χ2v) is 5.92. The number of hydrogen-bond donors (Lipinski definition) is 1. The fraction of sp³-hybridized carbons (Fsp3) is 0.923. The zero-order valence-electron chi connectivity index (χ0n) is 10.5. The van der Waals surface area contributed by atoms with Crippen molar-refractivity contribution in [2.24, 2.45) is 17.6 Å². The first kappa shape index (κ1) is 11.9. The predicted molar refractivity (Wildman–Crippen MR) is 64.9 cm³/mol. The monoisotopic (exact) mass is 224 g/mol. The van der Waals surface area contributed by atoms with Crippen molar-refractivity contribution in [3.05, 3.63) is 0 Å². The Morgan fingerprint density at radius 3 is 2.31 bits per heavy atom. The zero-order chi connectivity index (χ0) is 11.8. The lowest BCUT2D eigenvalue weighted by Gasteiger charge is -2.51. The van der Waals surface area contributed by atoms with Gasteiger partial charge in [-0.15, -0.1) is 0 Å². The molecule has 2 rings (SSSR count). The second kappa shape index (κ2) is 4.36. The molecule has 0 aromatic heterocycles. The number of carbonyl (C=O) groups excluding carboxylic acids is 1. The van der Waals surface area contributed by atoms with Gasteiger partial charge in [-0.05, 0) is 18.8 Å². The highest BCUT2D eigenvalue weighted by Crippen LogP contribution is 2.31. The Labute approximate surface area is 98.4 Å². The summed E-state index contributed by atoms with van der Waals surface area (Å²) in [4.78, 5) is 14.1. The van der Waals surface area contributed by atoms with Crippen LogP contribution in [0, 0.1) is 11.8 Å². The summed E-state index contributed by atoms with van der Waals surface area (Å²) in [5, 5.41) is 0. The maximum Gasteiger partial charge on any atom is 0.225 e. The van der Waals surface area contributed by atoms with Crippen molar-refractivity contribution >= 4 is 5.91 Å². The molecule has 0 aromatic rings. The molecule has 3 heteroatoms. The van der Waals surface area contributed by atoms with Gasteiger partial charge >= 0.3 is 0 Å². The van der Waals surface area contributed by atoms with Crippen molar-refractivity contribution in [2.45, 2.75) is 51.5 Å². The fourth-order valence-corrected chi connectivity index (χ4v) is 2.79. The van der Waals surface area contributed by atoms with E-state index in [0.717, 1.165) is 25.9 Å². The Balaban J connectivity index is 1.84. The van der Waals surface area contributed by atoms with Crippen molar-refractivity contribution in [1.29, 1.82) is 0 Å². The van der Waals surface area contributed by atoms with Crippen LogP contribution in [0.25, 0.3) is 0 Å². The number of carbonyl (C=O) groups is 1. The van der Waals surface area contributed by atoms with Crippen molar-refractivity contribution < 1.29 is 4.79 Å². The van der Waals surface area contributed by atoms with Crippen LogP contribution in [0.1, 0.15) is 46.0 Å². The molecule has 0 unspecified atom stereocenters. The molecule has 0 aromatic carbocycles. The average Bonchev–Trinajstić information content (AvgIpc) is 2.25. The molecule has 0 bridgehead atoms. The van der Waals surface area contributed by atoms with Crippen LogP contribution in [0.4, 0.5) is 0 Å². The maximum absolute atomic E-state index is 12.2. The highest BCUT2D eigenvalue weighted by atomic mass is 16.2. The van der Waals surface area contributed by atoms with E-state index < -0.39 is 0 Å². The van der Waals surface area contributed by atoms with Crippen molar-refractivity contribution in [2.75, 3.05) is 13.1 Å². The summed E-state index contributed by atoms with van der Waals surface area (Å²) >= 11 is 0. The first-order valence-corrected chi connectivity index (χ1v) is 6.60. The van der Waals surface area contributed by atoms with Gasteiger partial charge < -0.3 is 10.6 Å². The normalized spacial score (nSPS) is 25.6. The molecular formula is C13H24N2O. The van der Waals surface area contributed by atoms with E-state index in [-0.39, 0.29) is 5.54 Å². The molecule has 16 heavy (non-hydrogen) atoms. The minimum absolute atomic E-state index is 0.121. The smallest absolute Gasteiger partial charge is 0.225 e. The third-order valence-electron chi connectivity index (χ3n) is 4.39. The first-order chi connectivity index (χ1) is 7.53. The molecule has 92 valence electrons. The fourth-order valence-electron chi connectivity index (χ4n) is 2.79. The van der Waals surface area contributed by atoms with Crippen molar-refractivity contribution in [3.63, 3.8) is 0 Å². The van der Waals surface area contributed by atoms with Gasteiger partial charge in [0.2, 0.25) is 5.91 Å². The van der Waals surface area contributed by atoms with E-state index in [9.17, 15) is 4.79 Å². The van der Waals surface area contributed by atoms with E-state index in [4.69, 9.17) is 5.73 Å². The van der Waals surface area contributed by atoms with Gasteiger partial charge in [0.05, 0.1) is 5.54 Å². The maximum atomic E-state index is 12.2. The van der Waals surface area contributed by atoms with Gasteiger partial charge in [0.15, 0.2) is 0 Å². The number of amides is 1. The lowest BCUT2D eigenvalue weighted by molar-refractivity contribution is -0.145. The van der Waals surface area contributed by atoms with Gasteiger partial charge in [-0.2, -0.15) is 0 Å². The molecule has 1 saturated carbocycles. The molecule has 2 N–H and O–H groups in total. The molecule has 3 nitrogen and oxygen atoms in total. The van der Waals surface area contributed by atoms with Gasteiger partial charge in [0.25, 0.3) is 0 Å². The van der Waals surface area contributed by atoms with Crippen LogP contribution in [0.3, 0.4) is 0 Å². The van der Waals surface area contributed by atoms with Crippen LogP contribution in [0.5, 0.6) is 0 Å². The van der Waals surface area contributed by atoms with Crippen LogP contribution in [-0.2, 0) is 4.79 Å². The zero-order valence-corrected chi connectivity index (χ0v) is 10.5. The number of hydrogen-bond acceptors (Lipinski definition) is 2. The molecule has 0 atom stereocenters. The topological polar surface area (TPSA) is 46.3 Å². The van der Waals surface area contributed by atoms with Crippen molar-refractivity contribution in [1.82, 2.24) is 4.90 Å². The van der Waals surface area contributed by atoms with E-state index >= 15 is 0 Å². The Kier molecular flexibility index (Phi) is 3.24. The van der Waals surface area contributed by atoms with Crippen LogP contribution in [-0.4, -0.2) is 29.4 Å². The lowest BCUT2D eigenvalue weighted by Crippen LogP contribution is -2.71. The number of nitrogens with two attached hydrogens (primary N) is 1. The van der Waals surface area contributed by atoms with Gasteiger partial charge in [-0.1, -0.05) is 33.1 Å². The first-order valence-electron chi connectivity index (χ1n) is 6.60. The second-order valence-electron chi connectivity index (χ2n) is 5.92. The summed E-state index contributed by atoms with van der Waals surface area (Å²) in [6.07, 6.45) is 5.93. The van der Waals surface area contributed by atoms with E-state index in [2.05, 4.69) is 13.8 Å². The Morgan fingerprint density at radius 2 is 1.81 bits per heavy atom. The average molecular weight is 224 g/mol. The summed E-state index contributed by atoms with van der Waals surface area (Å²) in [7, 11) is 0. The Hall–Kier alpha value is -0.570. The predicted octanol–water partition coefficient (Wildman–Crippen LogP) is 1.76. The van der Waals surface area contributed by atoms with Gasteiger partial charge in [0.1, 0.15) is 0 Å². The highest BCUT2D eigenvalue weighted by molar-refractivity contribution is 5.80. The van der Waals surface area contributed by atoms with E-state index in [1.807, 2.05) is 4.90 Å². The van der Waals surface area contributed by atoms with Gasteiger partial charge in [0, 0.05) is 19.0 Å². The largest absolute Gasteiger partial charge is 0.339 e. The van der Waals surface area contributed by atoms with Gasteiger partial charge in [-0.3, -0.25) is 4.79 Å². The molecule has 1 amide bonds. The summed E-state index contributed by atoms with van der Waals surface area (Å²) in [5.74, 6) is 1.12. The Bertz CT molecular complexity index is 263. The number of rotatable bonds is 2. The van der Waals surface area contributed by atoms with Crippen LogP contribution in [0.2, 0.25) is 0 Å². The van der Waals surface area contributed by atoms with Crippen LogP contribution in [0.15, 0.2) is 0 Å². The summed E-state index contributed by atoms with van der Waals surface area (Å²) < 4.78 is 0. The quantitative estimate of drug-likeness (QED) is 0.777. The molecule has 2 fully saturated rings. The van der Waals surface area contributed by atoms with Gasteiger partial charge in [-0.25, -0.2) is 0 Å². The minimum Gasteiger partial charge on any atom is -0.339 e. The summed E-state index contributed by atoms with van der Waals surface area (Å²) in [6.45, 7) is 5.81. The molecule has 0 radical (unpaired) electrons. The minimum atomic E-state index is -0.121. The molecule has 0 spiro atoms. The summed E-state index contributed by atoms with van der Waals surface area (Å²) in [5.41, 5.74) is 6.09. The van der Waals surface area contributed by atoms with Crippen LogP contribution >= 0.6 is 0 Å². The van der Waals surface area contributed by atoms with E-state index in [1.54, 1.807) is 0 Å². The van der Waals surface area contributed by atoms with Crippen LogP contribution < -0.4 is 5.73 Å². The molecule has 1 aliphatic heterocycles. The highest BCUT2D eigenvalue weighted by Gasteiger charge is 2.45. The lowest BCUT2D eigenvalue weighted by atomic mass is 9.78. The number of nitrogens with zero attached hydrogens (tertiary/aromatic N) is 1. The van der Waals surface area contributed by atoms with Crippen molar-refractivity contribution in [3.8, 4) is 0 Å². The third kappa shape index (κ3) is 2.10. The molecule has 1 aliphatic carbocycles.